The monoisotopic (exact) mass is 316 g/mol. The van der Waals surface area contributed by atoms with E-state index in [1.807, 2.05) is 0 Å². The molecule has 1 N–H and O–H groups in total. The normalized spacial score (nSPS) is 11.1. The Morgan fingerprint density at radius 1 is 1.30 bits per heavy atom. The molecular weight excluding hydrogens is 299 g/mol. The van der Waals surface area contributed by atoms with Crippen LogP contribution < -0.4 is 5.32 Å². The maximum Gasteiger partial charge on any atom is 0.244 e. The average Bonchev–Trinajstić information content (AvgIpc) is 2.40. The first-order valence-electron chi connectivity index (χ1n) is 6.14. The third-order valence-electron chi connectivity index (χ3n) is 2.79. The van der Waals surface area contributed by atoms with Crippen LogP contribution in [-0.4, -0.2) is 36.2 Å². The molecule has 1 aromatic rings. The van der Waals surface area contributed by atoms with Crippen molar-refractivity contribution in [2.24, 2.45) is 5.41 Å². The van der Waals surface area contributed by atoms with E-state index in [9.17, 15) is 9.59 Å². The van der Waals surface area contributed by atoms with E-state index in [-0.39, 0.29) is 24.2 Å². The summed E-state index contributed by atoms with van der Waals surface area (Å²) in [5, 5.41) is 3.12. The van der Waals surface area contributed by atoms with E-state index in [4.69, 9.17) is 23.2 Å². The number of halogens is 2. The van der Waals surface area contributed by atoms with Crippen LogP contribution in [0.5, 0.6) is 0 Å². The molecule has 4 nitrogen and oxygen atoms in total. The van der Waals surface area contributed by atoms with Gasteiger partial charge in [-0.25, -0.2) is 0 Å². The Kier molecular flexibility index (Phi) is 5.84. The molecule has 0 bridgehead atoms. The summed E-state index contributed by atoms with van der Waals surface area (Å²) in [6.07, 6.45) is 0. The van der Waals surface area contributed by atoms with Crippen LogP contribution in [0.15, 0.2) is 24.3 Å². The van der Waals surface area contributed by atoms with Crippen molar-refractivity contribution < 1.29 is 9.59 Å². The number of hydrogen-bond donors (Lipinski definition) is 1. The van der Waals surface area contributed by atoms with Crippen molar-refractivity contribution in [3.05, 3.63) is 29.3 Å². The number of benzene rings is 1. The number of hydrogen-bond acceptors (Lipinski definition) is 2. The van der Waals surface area contributed by atoms with Gasteiger partial charge in [-0.3, -0.25) is 9.59 Å². The fraction of sp³-hybridized carbons (Fsp3) is 0.429. The quantitative estimate of drug-likeness (QED) is 0.849. The van der Waals surface area contributed by atoms with Crippen molar-refractivity contribution in [2.45, 2.75) is 13.8 Å². The van der Waals surface area contributed by atoms with Gasteiger partial charge < -0.3 is 10.2 Å². The molecule has 0 atom stereocenters. The molecule has 1 aromatic carbocycles. The Morgan fingerprint density at radius 2 is 1.90 bits per heavy atom. The van der Waals surface area contributed by atoms with Crippen molar-refractivity contribution in [3.63, 3.8) is 0 Å². The Hall–Kier alpha value is -1.26. The topological polar surface area (TPSA) is 49.4 Å². The lowest BCUT2D eigenvalue weighted by Gasteiger charge is -2.27. The minimum absolute atomic E-state index is 0.0512. The predicted molar refractivity (Wildman–Crippen MR) is 82.2 cm³/mol. The molecular formula is C14H18Cl2N2O2. The lowest BCUT2D eigenvalue weighted by atomic mass is 9.94. The zero-order valence-electron chi connectivity index (χ0n) is 11.7. The maximum absolute atomic E-state index is 12.1. The standard InChI is InChI=1S/C14H18Cl2N2O2/c1-14(2,9-15)13(20)18(3)8-12(19)17-11-7-5-4-6-10(11)16/h4-7H,8-9H2,1-3H3,(H,17,19). The lowest BCUT2D eigenvalue weighted by Crippen LogP contribution is -2.43. The molecule has 0 aliphatic heterocycles. The van der Waals surface area contributed by atoms with E-state index < -0.39 is 5.41 Å². The molecule has 0 saturated carbocycles. The second kappa shape index (κ2) is 6.95. The van der Waals surface area contributed by atoms with Crippen molar-refractivity contribution >= 4 is 40.7 Å². The van der Waals surface area contributed by atoms with Gasteiger partial charge in [0.15, 0.2) is 0 Å². The summed E-state index contributed by atoms with van der Waals surface area (Å²) in [6, 6.07) is 6.93. The molecule has 0 saturated heterocycles. The number of nitrogens with zero attached hydrogens (tertiary/aromatic N) is 1. The molecule has 0 aliphatic carbocycles. The van der Waals surface area contributed by atoms with Crippen molar-refractivity contribution in [1.82, 2.24) is 4.90 Å². The van der Waals surface area contributed by atoms with Gasteiger partial charge in [0, 0.05) is 12.9 Å². The smallest absolute Gasteiger partial charge is 0.244 e. The molecule has 0 aliphatic rings. The number of amides is 2. The summed E-state index contributed by atoms with van der Waals surface area (Å²) >= 11 is 11.7. The first kappa shape index (κ1) is 16.8. The van der Waals surface area contributed by atoms with E-state index in [1.165, 1.54) is 4.90 Å². The number of carbonyl (C=O) groups excluding carboxylic acids is 2. The van der Waals surface area contributed by atoms with Crippen LogP contribution in [0.2, 0.25) is 5.02 Å². The molecule has 0 radical (unpaired) electrons. The number of alkyl halides is 1. The third kappa shape index (κ3) is 4.39. The molecule has 0 spiro atoms. The first-order valence-corrected chi connectivity index (χ1v) is 7.05. The van der Waals surface area contributed by atoms with Gasteiger partial charge in [0.1, 0.15) is 0 Å². The number of rotatable bonds is 5. The molecule has 0 unspecified atom stereocenters. The Bertz CT molecular complexity index is 504. The number of anilines is 1. The minimum Gasteiger partial charge on any atom is -0.336 e. The van der Waals surface area contributed by atoms with E-state index in [0.29, 0.717) is 10.7 Å². The minimum atomic E-state index is -0.693. The second-order valence-corrected chi connectivity index (χ2v) is 5.88. The average molecular weight is 317 g/mol. The molecule has 0 fully saturated rings. The summed E-state index contributed by atoms with van der Waals surface area (Å²) in [6.45, 7) is 3.43. The van der Waals surface area contributed by atoms with Crippen molar-refractivity contribution in [3.8, 4) is 0 Å². The fourth-order valence-electron chi connectivity index (χ4n) is 1.61. The van der Waals surface area contributed by atoms with Crippen LogP contribution in [-0.2, 0) is 9.59 Å². The number of para-hydroxylation sites is 1. The molecule has 0 aromatic heterocycles. The van der Waals surface area contributed by atoms with Crippen molar-refractivity contribution in [1.29, 1.82) is 0 Å². The highest BCUT2D eigenvalue weighted by Crippen LogP contribution is 2.21. The SMILES string of the molecule is CN(CC(=O)Nc1ccccc1Cl)C(=O)C(C)(C)CCl. The summed E-state index contributed by atoms with van der Waals surface area (Å²) in [4.78, 5) is 25.3. The first-order chi connectivity index (χ1) is 9.27. The highest BCUT2D eigenvalue weighted by atomic mass is 35.5. The number of carbonyl (C=O) groups is 2. The zero-order chi connectivity index (χ0) is 15.3. The Morgan fingerprint density at radius 3 is 2.45 bits per heavy atom. The summed E-state index contributed by atoms with van der Waals surface area (Å²) in [5.41, 5.74) is -0.169. The van der Waals surface area contributed by atoms with Gasteiger partial charge in [0.05, 0.1) is 22.7 Å². The summed E-state index contributed by atoms with van der Waals surface area (Å²) < 4.78 is 0. The number of nitrogens with one attached hydrogen (secondary N) is 1. The lowest BCUT2D eigenvalue weighted by molar-refractivity contribution is -0.140. The van der Waals surface area contributed by atoms with Gasteiger partial charge in [0.25, 0.3) is 0 Å². The van der Waals surface area contributed by atoms with E-state index in [0.717, 1.165) is 0 Å². The molecule has 0 heterocycles. The molecule has 20 heavy (non-hydrogen) atoms. The second-order valence-electron chi connectivity index (χ2n) is 5.21. The van der Waals surface area contributed by atoms with Gasteiger partial charge in [-0.05, 0) is 26.0 Å². The maximum atomic E-state index is 12.1. The van der Waals surface area contributed by atoms with Crippen LogP contribution in [0.1, 0.15) is 13.8 Å². The van der Waals surface area contributed by atoms with Gasteiger partial charge in [-0.1, -0.05) is 23.7 Å². The molecule has 2 amide bonds. The summed E-state index contributed by atoms with van der Waals surface area (Å²) in [5.74, 6) is -0.288. The van der Waals surface area contributed by atoms with Crippen LogP contribution >= 0.6 is 23.2 Å². The van der Waals surface area contributed by atoms with Gasteiger partial charge in [0.2, 0.25) is 11.8 Å². The Balaban J connectivity index is 2.63. The van der Waals surface area contributed by atoms with E-state index in [2.05, 4.69) is 5.32 Å². The van der Waals surface area contributed by atoms with Crippen LogP contribution in [0, 0.1) is 5.41 Å². The predicted octanol–water partition coefficient (Wildman–Crippen LogP) is 3.00. The van der Waals surface area contributed by atoms with Crippen LogP contribution in [0.3, 0.4) is 0 Å². The Labute approximate surface area is 129 Å². The largest absolute Gasteiger partial charge is 0.336 e. The zero-order valence-corrected chi connectivity index (χ0v) is 13.3. The highest BCUT2D eigenvalue weighted by molar-refractivity contribution is 6.33. The van der Waals surface area contributed by atoms with E-state index in [1.54, 1.807) is 45.2 Å². The van der Waals surface area contributed by atoms with Crippen LogP contribution in [0.4, 0.5) is 5.69 Å². The molecule has 1 rings (SSSR count). The van der Waals surface area contributed by atoms with Crippen LogP contribution in [0.25, 0.3) is 0 Å². The van der Waals surface area contributed by atoms with E-state index >= 15 is 0 Å². The van der Waals surface area contributed by atoms with Crippen molar-refractivity contribution in [2.75, 3.05) is 24.8 Å². The fourth-order valence-corrected chi connectivity index (χ4v) is 1.91. The summed E-state index contributed by atoms with van der Waals surface area (Å²) in [7, 11) is 1.57. The van der Waals surface area contributed by atoms with Gasteiger partial charge in [-0.15, -0.1) is 11.6 Å². The number of likely N-dealkylation sites (N-methyl/N-ethyl adjacent to an activating group) is 1. The molecule has 6 heteroatoms. The van der Waals surface area contributed by atoms with Gasteiger partial charge in [-0.2, -0.15) is 0 Å². The molecule has 110 valence electrons. The van der Waals surface area contributed by atoms with Gasteiger partial charge >= 0.3 is 0 Å². The highest BCUT2D eigenvalue weighted by Gasteiger charge is 2.30. The third-order valence-corrected chi connectivity index (χ3v) is 3.79.